The summed E-state index contributed by atoms with van der Waals surface area (Å²) in [5, 5.41) is 4.11. The third-order valence-corrected chi connectivity index (χ3v) is 5.40. The standard InChI is InChI=1S/C21H19N3O2/c25-21(24-12-11-14-5-1-2-10-18(14)24)17-9-4-8-16(13-17)19-22-20(26-23-19)15-6-3-7-15/h1-2,4-5,8-10,13,15H,3,6-7,11-12H2. The van der Waals surface area contributed by atoms with E-state index in [2.05, 4.69) is 16.2 Å². The van der Waals surface area contributed by atoms with E-state index in [9.17, 15) is 4.79 Å². The molecular weight excluding hydrogens is 326 g/mol. The normalized spacial score (nSPS) is 16.4. The Kier molecular flexibility index (Phi) is 3.59. The highest BCUT2D eigenvalue weighted by Gasteiger charge is 2.27. The molecule has 130 valence electrons. The maximum Gasteiger partial charge on any atom is 0.258 e. The molecule has 1 fully saturated rings. The van der Waals surface area contributed by atoms with Gasteiger partial charge in [0.2, 0.25) is 11.7 Å². The number of para-hydroxylation sites is 1. The van der Waals surface area contributed by atoms with Crippen molar-refractivity contribution in [2.45, 2.75) is 31.6 Å². The molecule has 0 N–H and O–H groups in total. The minimum atomic E-state index is 0.0134. The predicted molar refractivity (Wildman–Crippen MR) is 98.1 cm³/mol. The van der Waals surface area contributed by atoms with Gasteiger partial charge in [-0.15, -0.1) is 0 Å². The first kappa shape index (κ1) is 15.3. The van der Waals surface area contributed by atoms with Gasteiger partial charge in [-0.05, 0) is 43.0 Å². The Balaban J connectivity index is 1.43. The summed E-state index contributed by atoms with van der Waals surface area (Å²) < 4.78 is 5.41. The van der Waals surface area contributed by atoms with Crippen LogP contribution in [0.4, 0.5) is 5.69 Å². The monoisotopic (exact) mass is 345 g/mol. The van der Waals surface area contributed by atoms with E-state index in [4.69, 9.17) is 4.52 Å². The lowest BCUT2D eigenvalue weighted by Gasteiger charge is -2.20. The van der Waals surface area contributed by atoms with E-state index in [1.165, 1.54) is 12.0 Å². The van der Waals surface area contributed by atoms with E-state index in [-0.39, 0.29) is 5.91 Å². The number of fused-ring (bicyclic) bond motifs is 1. The zero-order chi connectivity index (χ0) is 17.5. The summed E-state index contributed by atoms with van der Waals surface area (Å²) in [6.45, 7) is 0.719. The molecule has 2 aromatic carbocycles. The second-order valence-corrected chi connectivity index (χ2v) is 7.00. The molecule has 0 atom stereocenters. The Hall–Kier alpha value is -2.95. The molecule has 1 aromatic heterocycles. The highest BCUT2D eigenvalue weighted by atomic mass is 16.5. The molecule has 1 aliphatic carbocycles. The van der Waals surface area contributed by atoms with Gasteiger partial charge in [0.1, 0.15) is 0 Å². The van der Waals surface area contributed by atoms with Crippen molar-refractivity contribution < 1.29 is 9.32 Å². The van der Waals surface area contributed by atoms with Crippen LogP contribution in [0.1, 0.15) is 47.0 Å². The number of nitrogens with zero attached hydrogens (tertiary/aromatic N) is 3. The van der Waals surface area contributed by atoms with Gasteiger partial charge in [0.15, 0.2) is 0 Å². The molecule has 1 saturated carbocycles. The van der Waals surface area contributed by atoms with Gasteiger partial charge in [-0.25, -0.2) is 0 Å². The lowest BCUT2D eigenvalue weighted by atomic mass is 9.85. The lowest BCUT2D eigenvalue weighted by Crippen LogP contribution is -2.28. The molecule has 0 spiro atoms. The number of hydrogen-bond acceptors (Lipinski definition) is 4. The zero-order valence-corrected chi connectivity index (χ0v) is 14.4. The van der Waals surface area contributed by atoms with Crippen molar-refractivity contribution >= 4 is 11.6 Å². The van der Waals surface area contributed by atoms with Crippen molar-refractivity contribution in [1.29, 1.82) is 0 Å². The van der Waals surface area contributed by atoms with Crippen LogP contribution in [-0.2, 0) is 6.42 Å². The summed E-state index contributed by atoms with van der Waals surface area (Å²) in [6.07, 6.45) is 4.37. The highest BCUT2D eigenvalue weighted by Crippen LogP contribution is 2.36. The number of rotatable bonds is 3. The van der Waals surface area contributed by atoms with Gasteiger partial charge in [-0.2, -0.15) is 4.98 Å². The van der Waals surface area contributed by atoms with Crippen LogP contribution in [0, 0.1) is 0 Å². The number of benzene rings is 2. The minimum absolute atomic E-state index is 0.0134. The fraction of sp³-hybridized carbons (Fsp3) is 0.286. The first-order chi connectivity index (χ1) is 12.8. The van der Waals surface area contributed by atoms with Crippen molar-refractivity contribution in [2.75, 3.05) is 11.4 Å². The summed E-state index contributed by atoms with van der Waals surface area (Å²) in [5.74, 6) is 1.70. The van der Waals surface area contributed by atoms with E-state index in [1.54, 1.807) is 0 Å². The number of carbonyl (C=O) groups is 1. The number of anilines is 1. The molecular formula is C21H19N3O2. The summed E-state index contributed by atoms with van der Waals surface area (Å²) in [7, 11) is 0. The van der Waals surface area contributed by atoms with Crippen LogP contribution in [0.5, 0.6) is 0 Å². The van der Waals surface area contributed by atoms with E-state index in [0.29, 0.717) is 17.3 Å². The molecule has 0 saturated heterocycles. The molecule has 0 unspecified atom stereocenters. The third kappa shape index (κ3) is 2.51. The number of carbonyl (C=O) groups excluding carboxylic acids is 1. The van der Waals surface area contributed by atoms with E-state index < -0.39 is 0 Å². The molecule has 5 rings (SSSR count). The zero-order valence-electron chi connectivity index (χ0n) is 14.4. The van der Waals surface area contributed by atoms with Gasteiger partial charge in [-0.3, -0.25) is 4.79 Å². The summed E-state index contributed by atoms with van der Waals surface area (Å²) in [5.41, 5.74) is 3.70. The first-order valence-corrected chi connectivity index (χ1v) is 9.13. The predicted octanol–water partition coefficient (Wildman–Crippen LogP) is 4.21. The third-order valence-electron chi connectivity index (χ3n) is 5.40. The average molecular weight is 345 g/mol. The molecule has 2 heterocycles. The van der Waals surface area contributed by atoms with Crippen LogP contribution < -0.4 is 4.90 Å². The molecule has 1 amide bonds. The highest BCUT2D eigenvalue weighted by molar-refractivity contribution is 6.07. The maximum atomic E-state index is 13.0. The second-order valence-electron chi connectivity index (χ2n) is 7.00. The van der Waals surface area contributed by atoms with Crippen molar-refractivity contribution in [1.82, 2.24) is 10.1 Å². The van der Waals surface area contributed by atoms with Crippen LogP contribution in [0.25, 0.3) is 11.4 Å². The van der Waals surface area contributed by atoms with Crippen LogP contribution in [0.3, 0.4) is 0 Å². The number of aromatic nitrogens is 2. The fourth-order valence-electron chi connectivity index (χ4n) is 3.67. The summed E-state index contributed by atoms with van der Waals surface area (Å²) in [4.78, 5) is 19.4. The Morgan fingerprint density at radius 1 is 1.12 bits per heavy atom. The molecule has 5 nitrogen and oxygen atoms in total. The van der Waals surface area contributed by atoms with E-state index in [1.807, 2.05) is 47.4 Å². The van der Waals surface area contributed by atoms with Crippen LogP contribution >= 0.6 is 0 Å². The largest absolute Gasteiger partial charge is 0.339 e. The summed E-state index contributed by atoms with van der Waals surface area (Å²) in [6, 6.07) is 15.6. The minimum Gasteiger partial charge on any atom is -0.339 e. The average Bonchev–Trinajstić information content (AvgIpc) is 3.27. The van der Waals surface area contributed by atoms with Crippen molar-refractivity contribution in [3.05, 3.63) is 65.5 Å². The van der Waals surface area contributed by atoms with Gasteiger partial charge in [0, 0.05) is 29.3 Å². The Bertz CT molecular complexity index is 975. The van der Waals surface area contributed by atoms with Gasteiger partial charge < -0.3 is 9.42 Å². The van der Waals surface area contributed by atoms with Gasteiger partial charge >= 0.3 is 0 Å². The maximum absolute atomic E-state index is 13.0. The number of hydrogen-bond donors (Lipinski definition) is 0. The van der Waals surface area contributed by atoms with Crippen molar-refractivity contribution in [2.24, 2.45) is 0 Å². The van der Waals surface area contributed by atoms with Crippen molar-refractivity contribution in [3.63, 3.8) is 0 Å². The van der Waals surface area contributed by atoms with Crippen LogP contribution in [0.15, 0.2) is 53.1 Å². The van der Waals surface area contributed by atoms with Crippen LogP contribution in [0.2, 0.25) is 0 Å². The smallest absolute Gasteiger partial charge is 0.258 e. The molecule has 0 radical (unpaired) electrons. The Morgan fingerprint density at radius 2 is 2.00 bits per heavy atom. The van der Waals surface area contributed by atoms with E-state index >= 15 is 0 Å². The number of amides is 1. The Labute approximate surface area is 151 Å². The van der Waals surface area contributed by atoms with Gasteiger partial charge in [-0.1, -0.05) is 41.9 Å². The van der Waals surface area contributed by atoms with Gasteiger partial charge in [0.05, 0.1) is 0 Å². The molecule has 5 heteroatoms. The molecule has 0 bridgehead atoms. The molecule has 2 aliphatic rings. The van der Waals surface area contributed by atoms with E-state index in [0.717, 1.165) is 42.9 Å². The SMILES string of the molecule is O=C(c1cccc(-c2noc(C3CCC3)n2)c1)N1CCc2ccccc21. The first-order valence-electron chi connectivity index (χ1n) is 9.13. The van der Waals surface area contributed by atoms with Gasteiger partial charge in [0.25, 0.3) is 5.91 Å². The quantitative estimate of drug-likeness (QED) is 0.713. The molecule has 3 aromatic rings. The lowest BCUT2D eigenvalue weighted by molar-refractivity contribution is 0.0989. The second kappa shape index (κ2) is 6.09. The van der Waals surface area contributed by atoms with Crippen molar-refractivity contribution in [3.8, 4) is 11.4 Å². The molecule has 1 aliphatic heterocycles. The molecule has 26 heavy (non-hydrogen) atoms. The summed E-state index contributed by atoms with van der Waals surface area (Å²) >= 11 is 0. The van der Waals surface area contributed by atoms with Crippen LogP contribution in [-0.4, -0.2) is 22.6 Å². The fourth-order valence-corrected chi connectivity index (χ4v) is 3.67. The Morgan fingerprint density at radius 3 is 2.85 bits per heavy atom. The topological polar surface area (TPSA) is 59.2 Å².